The van der Waals surface area contributed by atoms with E-state index in [1.165, 1.54) is 0 Å². The Kier molecular flexibility index (Phi) is 5.82. The Morgan fingerprint density at radius 2 is 1.89 bits per heavy atom. The summed E-state index contributed by atoms with van der Waals surface area (Å²) in [6, 6.07) is 7.39. The minimum absolute atomic E-state index is 0.135. The van der Waals surface area contributed by atoms with Crippen LogP contribution in [0.3, 0.4) is 0 Å². The number of likely N-dealkylation sites (N-methyl/N-ethyl adjacent to an activating group) is 1. The molecule has 0 aliphatic carbocycles. The van der Waals surface area contributed by atoms with E-state index in [0.717, 1.165) is 0 Å². The molecule has 0 radical (unpaired) electrons. The summed E-state index contributed by atoms with van der Waals surface area (Å²) in [7, 11) is 0. The van der Waals surface area contributed by atoms with Crippen LogP contribution in [0.2, 0.25) is 0 Å². The summed E-state index contributed by atoms with van der Waals surface area (Å²) in [5.41, 5.74) is 0.518. The van der Waals surface area contributed by atoms with E-state index in [1.54, 1.807) is 37.3 Å². The van der Waals surface area contributed by atoms with Gasteiger partial charge in [0.1, 0.15) is 0 Å². The second kappa shape index (κ2) is 7.13. The third-order valence-corrected chi connectivity index (χ3v) is 2.52. The van der Waals surface area contributed by atoms with Gasteiger partial charge in [0.05, 0.1) is 13.0 Å². The first-order chi connectivity index (χ1) is 8.92. The number of nitrogens with one attached hydrogen (secondary N) is 2. The lowest BCUT2D eigenvalue weighted by Crippen LogP contribution is -2.37. The molecular formula is C13H17F3N2O. The van der Waals surface area contributed by atoms with Crippen LogP contribution in [0.25, 0.3) is 0 Å². The molecule has 0 saturated carbocycles. The lowest BCUT2D eigenvalue weighted by Gasteiger charge is -2.20. The van der Waals surface area contributed by atoms with Crippen LogP contribution in [-0.2, 0) is 4.79 Å². The van der Waals surface area contributed by atoms with Gasteiger partial charge in [0.2, 0.25) is 5.91 Å². The number of carbonyl (C=O) groups excluding carboxylic acids is 1. The molecule has 1 amide bonds. The predicted molar refractivity (Wildman–Crippen MR) is 66.5 cm³/mol. The van der Waals surface area contributed by atoms with Crippen LogP contribution in [0.1, 0.15) is 24.9 Å². The highest BCUT2D eigenvalue weighted by molar-refractivity contribution is 5.77. The van der Waals surface area contributed by atoms with Gasteiger partial charge in [0, 0.05) is 12.6 Å². The van der Waals surface area contributed by atoms with Gasteiger partial charge in [-0.3, -0.25) is 4.79 Å². The van der Waals surface area contributed by atoms with Crippen molar-refractivity contribution in [3.8, 4) is 0 Å². The molecule has 0 saturated heterocycles. The third kappa shape index (κ3) is 6.24. The fourth-order valence-corrected chi connectivity index (χ4v) is 1.70. The van der Waals surface area contributed by atoms with Gasteiger partial charge >= 0.3 is 6.18 Å². The molecule has 0 aromatic heterocycles. The number of benzene rings is 1. The lowest BCUT2D eigenvalue weighted by molar-refractivity contribution is -0.141. The zero-order valence-corrected chi connectivity index (χ0v) is 10.6. The zero-order valence-electron chi connectivity index (χ0n) is 10.6. The van der Waals surface area contributed by atoms with E-state index >= 15 is 0 Å². The van der Waals surface area contributed by atoms with Crippen molar-refractivity contribution < 1.29 is 18.0 Å². The van der Waals surface area contributed by atoms with E-state index in [2.05, 4.69) is 10.6 Å². The largest absolute Gasteiger partial charge is 0.390 e. The Hall–Kier alpha value is -1.56. The van der Waals surface area contributed by atoms with Crippen LogP contribution >= 0.6 is 0 Å². The quantitative estimate of drug-likeness (QED) is 0.836. The molecule has 19 heavy (non-hydrogen) atoms. The second-order valence-electron chi connectivity index (χ2n) is 4.12. The van der Waals surface area contributed by atoms with Crippen LogP contribution in [0, 0.1) is 0 Å². The first kappa shape index (κ1) is 15.5. The summed E-state index contributed by atoms with van der Waals surface area (Å²) in [4.78, 5) is 11.3. The monoisotopic (exact) mass is 274 g/mol. The molecular weight excluding hydrogens is 257 g/mol. The fourth-order valence-electron chi connectivity index (χ4n) is 1.70. The minimum Gasteiger partial charge on any atom is -0.355 e. The fraction of sp³-hybridized carbons (Fsp3) is 0.462. The molecule has 1 unspecified atom stereocenters. The highest BCUT2D eigenvalue weighted by Gasteiger charge is 2.32. The molecule has 6 heteroatoms. The minimum atomic E-state index is -4.28. The van der Waals surface area contributed by atoms with Crippen LogP contribution < -0.4 is 10.6 Å². The topological polar surface area (TPSA) is 41.1 Å². The highest BCUT2D eigenvalue weighted by Crippen LogP contribution is 2.29. The molecule has 1 rings (SSSR count). The molecule has 0 heterocycles. The van der Waals surface area contributed by atoms with E-state index < -0.39 is 18.6 Å². The van der Waals surface area contributed by atoms with Crippen LogP contribution in [0.4, 0.5) is 13.2 Å². The average Bonchev–Trinajstić information content (AvgIpc) is 2.34. The molecule has 0 fully saturated rings. The molecule has 2 N–H and O–H groups in total. The van der Waals surface area contributed by atoms with Crippen LogP contribution in [0.15, 0.2) is 30.3 Å². The zero-order chi connectivity index (χ0) is 14.3. The van der Waals surface area contributed by atoms with Crippen LogP contribution in [-0.4, -0.2) is 25.2 Å². The lowest BCUT2D eigenvalue weighted by atomic mass is 10.0. The van der Waals surface area contributed by atoms with Crippen molar-refractivity contribution in [1.29, 1.82) is 0 Å². The molecule has 0 aliphatic rings. The molecule has 3 nitrogen and oxygen atoms in total. The van der Waals surface area contributed by atoms with Gasteiger partial charge in [-0.05, 0) is 12.5 Å². The molecule has 106 valence electrons. The van der Waals surface area contributed by atoms with Crippen molar-refractivity contribution in [2.24, 2.45) is 0 Å². The number of alkyl halides is 3. The van der Waals surface area contributed by atoms with Gasteiger partial charge < -0.3 is 10.6 Å². The van der Waals surface area contributed by atoms with Gasteiger partial charge in [-0.1, -0.05) is 30.3 Å². The Bertz CT molecular complexity index is 393. The van der Waals surface area contributed by atoms with Gasteiger partial charge in [-0.15, -0.1) is 0 Å². The Balaban J connectivity index is 2.68. The number of rotatable bonds is 6. The highest BCUT2D eigenvalue weighted by atomic mass is 19.4. The number of carbonyl (C=O) groups is 1. The number of amides is 1. The third-order valence-electron chi connectivity index (χ3n) is 2.52. The average molecular weight is 274 g/mol. The van der Waals surface area contributed by atoms with Gasteiger partial charge in [-0.25, -0.2) is 0 Å². The van der Waals surface area contributed by atoms with Crippen molar-refractivity contribution in [3.63, 3.8) is 0 Å². The smallest absolute Gasteiger partial charge is 0.355 e. The van der Waals surface area contributed by atoms with E-state index in [1.807, 2.05) is 0 Å². The van der Waals surface area contributed by atoms with Crippen molar-refractivity contribution in [3.05, 3.63) is 35.9 Å². The standard InChI is InChI=1S/C13H17F3N2O/c1-2-17-12(19)9-18-11(8-13(14,15)16)10-6-4-3-5-7-10/h3-7,11,18H,2,8-9H2,1H3,(H,17,19). The number of hydrogen-bond acceptors (Lipinski definition) is 2. The van der Waals surface area contributed by atoms with E-state index in [-0.39, 0.29) is 12.5 Å². The molecule has 0 bridgehead atoms. The van der Waals surface area contributed by atoms with Crippen molar-refractivity contribution in [2.75, 3.05) is 13.1 Å². The molecule has 1 aromatic rings. The summed E-state index contributed by atoms with van der Waals surface area (Å²) in [6.45, 7) is 2.07. The maximum atomic E-state index is 12.5. The maximum Gasteiger partial charge on any atom is 0.390 e. The van der Waals surface area contributed by atoms with Gasteiger partial charge in [0.25, 0.3) is 0 Å². The van der Waals surface area contributed by atoms with Crippen molar-refractivity contribution in [1.82, 2.24) is 10.6 Å². The summed E-state index contributed by atoms with van der Waals surface area (Å²) in [5, 5.41) is 5.18. The summed E-state index contributed by atoms with van der Waals surface area (Å²) < 4.78 is 37.6. The number of hydrogen-bond donors (Lipinski definition) is 2. The van der Waals surface area contributed by atoms with E-state index in [9.17, 15) is 18.0 Å². The van der Waals surface area contributed by atoms with Gasteiger partial charge in [-0.2, -0.15) is 13.2 Å². The molecule has 1 aromatic carbocycles. The Labute approximate surface area is 110 Å². The van der Waals surface area contributed by atoms with Crippen molar-refractivity contribution >= 4 is 5.91 Å². The molecule has 0 spiro atoms. The SMILES string of the molecule is CCNC(=O)CNC(CC(F)(F)F)c1ccccc1. The normalized spacial score (nSPS) is 13.1. The van der Waals surface area contributed by atoms with E-state index in [0.29, 0.717) is 12.1 Å². The summed E-state index contributed by atoms with van der Waals surface area (Å²) in [5.74, 6) is -0.314. The molecule has 1 atom stereocenters. The summed E-state index contributed by atoms with van der Waals surface area (Å²) >= 11 is 0. The van der Waals surface area contributed by atoms with Crippen molar-refractivity contribution in [2.45, 2.75) is 25.6 Å². The molecule has 0 aliphatic heterocycles. The first-order valence-corrected chi connectivity index (χ1v) is 6.04. The Morgan fingerprint density at radius 3 is 2.42 bits per heavy atom. The predicted octanol–water partition coefficient (Wildman–Crippen LogP) is 2.41. The maximum absolute atomic E-state index is 12.5. The van der Waals surface area contributed by atoms with E-state index in [4.69, 9.17) is 0 Å². The second-order valence-corrected chi connectivity index (χ2v) is 4.12. The number of halogens is 3. The Morgan fingerprint density at radius 1 is 1.26 bits per heavy atom. The van der Waals surface area contributed by atoms with Crippen LogP contribution in [0.5, 0.6) is 0 Å². The summed E-state index contributed by atoms with van der Waals surface area (Å²) in [6.07, 6.45) is -5.29. The first-order valence-electron chi connectivity index (χ1n) is 6.04. The van der Waals surface area contributed by atoms with Gasteiger partial charge in [0.15, 0.2) is 0 Å².